The average Bonchev–Trinajstić information content (AvgIpc) is 2.69. The van der Waals surface area contributed by atoms with E-state index < -0.39 is 17.2 Å². The summed E-state index contributed by atoms with van der Waals surface area (Å²) in [6, 6.07) is 3.72. The molecule has 1 N–H and O–H groups in total. The monoisotopic (exact) mass is 319 g/mol. The highest BCUT2D eigenvalue weighted by atomic mass is 79.9. The zero-order valence-corrected chi connectivity index (χ0v) is 11.1. The summed E-state index contributed by atoms with van der Waals surface area (Å²) in [5.41, 5.74) is -0.209. The molecule has 17 heavy (non-hydrogen) atoms. The van der Waals surface area contributed by atoms with Crippen LogP contribution in [0.5, 0.6) is 0 Å². The number of halogens is 3. The highest BCUT2D eigenvalue weighted by Gasteiger charge is 2.33. The van der Waals surface area contributed by atoms with E-state index in [2.05, 4.69) is 20.9 Å². The fourth-order valence-corrected chi connectivity index (χ4v) is 3.21. The van der Waals surface area contributed by atoms with Crippen LogP contribution in [0, 0.1) is 11.6 Å². The average molecular weight is 320 g/mol. The second-order valence-electron chi connectivity index (χ2n) is 3.65. The van der Waals surface area contributed by atoms with Crippen molar-refractivity contribution in [3.05, 3.63) is 50.4 Å². The van der Waals surface area contributed by atoms with Crippen LogP contribution < -0.4 is 0 Å². The summed E-state index contributed by atoms with van der Waals surface area (Å²) in [6.07, 6.45) is 0. The van der Waals surface area contributed by atoms with Gasteiger partial charge in [0.2, 0.25) is 0 Å². The number of hydrogen-bond acceptors (Lipinski definition) is 3. The molecule has 2 aromatic rings. The minimum atomic E-state index is -1.62. The van der Waals surface area contributed by atoms with Gasteiger partial charge in [0.1, 0.15) is 10.2 Å². The minimum absolute atomic E-state index is 0.109. The predicted octanol–water partition coefficient (Wildman–Crippen LogP) is 3.44. The lowest BCUT2D eigenvalue weighted by Crippen LogP contribution is -2.24. The van der Waals surface area contributed by atoms with Gasteiger partial charge in [-0.05, 0) is 28.9 Å². The van der Waals surface area contributed by atoms with Crippen molar-refractivity contribution in [3.63, 3.8) is 0 Å². The zero-order valence-electron chi connectivity index (χ0n) is 8.75. The van der Waals surface area contributed by atoms with Crippen LogP contribution in [0.2, 0.25) is 0 Å². The molecule has 1 aromatic heterocycles. The lowest BCUT2D eigenvalue weighted by atomic mass is 9.94. The van der Waals surface area contributed by atoms with E-state index in [4.69, 9.17) is 0 Å². The van der Waals surface area contributed by atoms with Gasteiger partial charge in [-0.3, -0.25) is 0 Å². The van der Waals surface area contributed by atoms with E-state index in [1.807, 2.05) is 0 Å². The largest absolute Gasteiger partial charge is 0.380 e. The first kappa shape index (κ1) is 12.6. The van der Waals surface area contributed by atoms with Crippen LogP contribution in [0.15, 0.2) is 28.3 Å². The number of rotatable bonds is 2. The van der Waals surface area contributed by atoms with Crippen molar-refractivity contribution in [1.82, 2.24) is 4.98 Å². The topological polar surface area (TPSA) is 33.1 Å². The number of thiazole rings is 1. The van der Waals surface area contributed by atoms with Gasteiger partial charge in [-0.1, -0.05) is 12.1 Å². The molecule has 0 fully saturated rings. The second kappa shape index (κ2) is 4.44. The maximum atomic E-state index is 13.7. The van der Waals surface area contributed by atoms with Gasteiger partial charge in [0.25, 0.3) is 0 Å². The van der Waals surface area contributed by atoms with Crippen molar-refractivity contribution in [2.24, 2.45) is 0 Å². The third-order valence-electron chi connectivity index (χ3n) is 2.44. The molecule has 2 rings (SSSR count). The van der Waals surface area contributed by atoms with Crippen LogP contribution in [0.3, 0.4) is 0 Å². The van der Waals surface area contributed by atoms with Crippen molar-refractivity contribution in [3.8, 4) is 0 Å². The van der Waals surface area contributed by atoms with Crippen molar-refractivity contribution in [2.45, 2.75) is 12.5 Å². The van der Waals surface area contributed by atoms with Crippen molar-refractivity contribution in [1.29, 1.82) is 0 Å². The van der Waals surface area contributed by atoms with Crippen LogP contribution in [0.4, 0.5) is 8.78 Å². The highest BCUT2D eigenvalue weighted by Crippen LogP contribution is 2.37. The van der Waals surface area contributed by atoms with Gasteiger partial charge in [0, 0.05) is 5.56 Å². The number of aromatic nitrogens is 1. The maximum Gasteiger partial charge on any atom is 0.165 e. The Morgan fingerprint density at radius 1 is 1.41 bits per heavy atom. The van der Waals surface area contributed by atoms with E-state index >= 15 is 0 Å². The van der Waals surface area contributed by atoms with Crippen LogP contribution in [0.1, 0.15) is 17.4 Å². The molecule has 0 radical (unpaired) electrons. The van der Waals surface area contributed by atoms with Gasteiger partial charge in [0.05, 0.1) is 10.4 Å². The number of benzene rings is 1. The Labute approximate surface area is 109 Å². The summed E-state index contributed by atoms with van der Waals surface area (Å²) < 4.78 is 27.2. The molecule has 0 saturated heterocycles. The molecule has 0 saturated carbocycles. The van der Waals surface area contributed by atoms with E-state index in [1.54, 1.807) is 0 Å². The van der Waals surface area contributed by atoms with Gasteiger partial charge in [0.15, 0.2) is 11.6 Å². The molecule has 1 aromatic carbocycles. The molecule has 0 bridgehead atoms. The van der Waals surface area contributed by atoms with Gasteiger partial charge >= 0.3 is 0 Å². The molecule has 90 valence electrons. The van der Waals surface area contributed by atoms with Crippen LogP contribution in [-0.4, -0.2) is 10.1 Å². The molecule has 1 heterocycles. The Bertz CT molecular complexity index is 556. The minimum Gasteiger partial charge on any atom is -0.380 e. The SMILES string of the molecule is CC(O)(c1cccc(F)c1F)c1scnc1Br. The summed E-state index contributed by atoms with van der Waals surface area (Å²) in [4.78, 5) is 4.35. The zero-order chi connectivity index (χ0) is 12.6. The molecule has 0 aliphatic carbocycles. The van der Waals surface area contributed by atoms with Gasteiger partial charge in [-0.25, -0.2) is 13.8 Å². The number of nitrogens with zero attached hydrogens (tertiary/aromatic N) is 1. The van der Waals surface area contributed by atoms with E-state index in [0.717, 1.165) is 6.07 Å². The third kappa shape index (κ3) is 2.12. The van der Waals surface area contributed by atoms with Crippen molar-refractivity contribution >= 4 is 27.3 Å². The normalized spacial score (nSPS) is 14.6. The first-order valence-corrected chi connectivity index (χ1v) is 6.38. The molecule has 0 aliphatic heterocycles. The Hall–Kier alpha value is -0.850. The summed E-state index contributed by atoms with van der Waals surface area (Å²) in [5.74, 6) is -2.03. The quantitative estimate of drug-likeness (QED) is 0.919. The summed E-state index contributed by atoms with van der Waals surface area (Å²) >= 11 is 4.33. The smallest absolute Gasteiger partial charge is 0.165 e. The summed E-state index contributed by atoms with van der Waals surface area (Å²) in [6.45, 7) is 1.41. The highest BCUT2D eigenvalue weighted by molar-refractivity contribution is 9.10. The third-order valence-corrected chi connectivity index (χ3v) is 4.34. The summed E-state index contributed by atoms with van der Waals surface area (Å²) in [5, 5.41) is 10.4. The van der Waals surface area contributed by atoms with Crippen LogP contribution in [0.25, 0.3) is 0 Å². The molecule has 2 nitrogen and oxygen atoms in total. The lowest BCUT2D eigenvalue weighted by Gasteiger charge is -2.23. The standard InChI is InChI=1S/C11H8BrF2NOS/c1-11(16,9-10(12)15-5-17-9)6-3-2-4-7(13)8(6)14/h2-5,16H,1H3. The Kier molecular flexibility index (Phi) is 3.29. The van der Waals surface area contributed by atoms with Crippen LogP contribution >= 0.6 is 27.3 Å². The molecular formula is C11H8BrF2NOS. The molecule has 1 unspecified atom stereocenters. The fourth-order valence-electron chi connectivity index (χ4n) is 1.55. The predicted molar refractivity (Wildman–Crippen MR) is 64.8 cm³/mol. The van der Waals surface area contributed by atoms with E-state index in [0.29, 0.717) is 9.48 Å². The molecular weight excluding hydrogens is 312 g/mol. The van der Waals surface area contributed by atoms with Crippen molar-refractivity contribution in [2.75, 3.05) is 0 Å². The molecule has 1 atom stereocenters. The molecule has 0 spiro atoms. The maximum absolute atomic E-state index is 13.7. The lowest BCUT2D eigenvalue weighted by molar-refractivity contribution is 0.0999. The first-order valence-electron chi connectivity index (χ1n) is 4.71. The van der Waals surface area contributed by atoms with E-state index in [-0.39, 0.29) is 5.56 Å². The Balaban J connectivity index is 2.60. The van der Waals surface area contributed by atoms with Crippen molar-refractivity contribution < 1.29 is 13.9 Å². The van der Waals surface area contributed by atoms with Gasteiger partial charge in [-0.2, -0.15) is 0 Å². The number of hydrogen-bond donors (Lipinski definition) is 1. The van der Waals surface area contributed by atoms with Gasteiger partial charge < -0.3 is 5.11 Å². The Morgan fingerprint density at radius 2 is 2.12 bits per heavy atom. The number of aliphatic hydroxyl groups is 1. The fraction of sp³-hybridized carbons (Fsp3) is 0.182. The second-order valence-corrected chi connectivity index (χ2v) is 5.25. The molecule has 0 amide bonds. The molecule has 0 aliphatic rings. The molecule has 6 heteroatoms. The van der Waals surface area contributed by atoms with Gasteiger partial charge in [-0.15, -0.1) is 11.3 Å². The van der Waals surface area contributed by atoms with E-state index in [1.165, 1.54) is 35.9 Å². The van der Waals surface area contributed by atoms with E-state index in [9.17, 15) is 13.9 Å². The Morgan fingerprint density at radius 3 is 2.71 bits per heavy atom. The summed E-state index contributed by atoms with van der Waals surface area (Å²) in [7, 11) is 0. The first-order chi connectivity index (χ1) is 7.94. The van der Waals surface area contributed by atoms with Crippen LogP contribution in [-0.2, 0) is 5.60 Å².